The second-order valence-corrected chi connectivity index (χ2v) is 11.2. The zero-order chi connectivity index (χ0) is 28.2. The number of hydrogen-bond donors (Lipinski definition) is 1. The van der Waals surface area contributed by atoms with Gasteiger partial charge in [0.2, 0.25) is 0 Å². The molecule has 1 N–H and O–H groups in total. The van der Waals surface area contributed by atoms with Crippen molar-refractivity contribution in [3.05, 3.63) is 59.7 Å². The zero-order valence-corrected chi connectivity index (χ0v) is 24.8. The van der Waals surface area contributed by atoms with Crippen LogP contribution in [0.25, 0.3) is 11.1 Å². The van der Waals surface area contributed by atoms with Crippen LogP contribution in [0.4, 0.5) is 9.59 Å². The fourth-order valence-electron chi connectivity index (χ4n) is 4.97. The number of piperazine rings is 1. The molecule has 2 aromatic carbocycles. The molecule has 9 nitrogen and oxygen atoms in total. The summed E-state index contributed by atoms with van der Waals surface area (Å²) in [6.45, 7) is 7.81. The Morgan fingerprint density at radius 2 is 1.67 bits per heavy atom. The number of carbonyl (C=O) groups excluding carboxylic acids is 3. The normalized spacial score (nSPS) is 17.9. The molecule has 1 fully saturated rings. The van der Waals surface area contributed by atoms with Crippen molar-refractivity contribution in [2.24, 2.45) is 5.41 Å². The Labute approximate surface area is 223 Å². The molecule has 2 aliphatic rings. The maximum absolute atomic E-state index is 13.4. The summed E-state index contributed by atoms with van der Waals surface area (Å²) in [5, 5.41) is 6.90. The van der Waals surface area contributed by atoms with Gasteiger partial charge in [-0.2, -0.15) is 0 Å². The van der Waals surface area contributed by atoms with Crippen molar-refractivity contribution < 1.29 is 23.9 Å². The van der Waals surface area contributed by atoms with Gasteiger partial charge >= 0.3 is 164 Å². The molecule has 39 heavy (non-hydrogen) atoms. The molecule has 2 atom stereocenters. The average molecular weight is 782 g/mol. The van der Waals surface area contributed by atoms with Gasteiger partial charge < -0.3 is 0 Å². The molecule has 1 unspecified atom stereocenters. The van der Waals surface area contributed by atoms with Gasteiger partial charge in [0.05, 0.1) is 0 Å². The van der Waals surface area contributed by atoms with Gasteiger partial charge in [-0.15, -0.1) is 0 Å². The van der Waals surface area contributed by atoms with E-state index in [0.29, 0.717) is 6.42 Å². The van der Waals surface area contributed by atoms with Crippen LogP contribution >= 0.6 is 0 Å². The number of fused-ring (bicyclic) bond motifs is 3. The summed E-state index contributed by atoms with van der Waals surface area (Å²) in [4.78, 5) is 42.5. The van der Waals surface area contributed by atoms with Gasteiger partial charge in [-0.3, -0.25) is 0 Å². The van der Waals surface area contributed by atoms with Crippen LogP contribution in [0.2, 0.25) is 0 Å². The molecule has 0 bridgehead atoms. The number of ether oxygens (including phenoxy) is 2. The topological polar surface area (TPSA) is 101 Å². The van der Waals surface area contributed by atoms with Crippen molar-refractivity contribution in [3.63, 3.8) is 0 Å². The van der Waals surface area contributed by atoms with Gasteiger partial charge in [-0.1, -0.05) is 48.5 Å². The van der Waals surface area contributed by atoms with Gasteiger partial charge in [-0.05, 0) is 11.1 Å². The van der Waals surface area contributed by atoms with Crippen LogP contribution in [0.15, 0.2) is 53.9 Å². The van der Waals surface area contributed by atoms with Crippen molar-refractivity contribution in [2.75, 3.05) is 26.2 Å². The van der Waals surface area contributed by atoms with Gasteiger partial charge in [0.25, 0.3) is 0 Å². The molecule has 1 heterocycles. The Balaban J connectivity index is 1.51. The predicted octanol–water partition coefficient (Wildman–Crippen LogP) is 4.29. The number of amides is 3. The van der Waals surface area contributed by atoms with E-state index in [4.69, 9.17) is 9.47 Å². The third kappa shape index (κ3) is 6.00. The van der Waals surface area contributed by atoms with E-state index in [-0.39, 0.29) is 44.1 Å². The summed E-state index contributed by atoms with van der Waals surface area (Å²) in [6, 6.07) is 15.0. The number of nitrogens with zero attached hydrogens (tertiary/aromatic N) is 3. The van der Waals surface area contributed by atoms with E-state index >= 15 is 0 Å². The van der Waals surface area contributed by atoms with Crippen LogP contribution in [0.1, 0.15) is 51.2 Å². The van der Waals surface area contributed by atoms with E-state index in [2.05, 4.69) is 35.0 Å². The molecule has 1 saturated heterocycles. The number of carbonyl (C=O) groups is 3. The summed E-state index contributed by atoms with van der Waals surface area (Å²) in [7, 11) is 0. The second-order valence-electron chi connectivity index (χ2n) is 10.7. The Morgan fingerprint density at radius 3 is 2.23 bits per heavy atom. The average Bonchev–Trinajstić information content (AvgIpc) is 3.23. The Kier molecular flexibility index (Phi) is 7.83. The second kappa shape index (κ2) is 11.2. The molecule has 0 radical (unpaired) electrons. The Hall–Kier alpha value is -4.88. The quantitative estimate of drug-likeness (QED) is 0.442. The summed E-state index contributed by atoms with van der Waals surface area (Å²) in [5.74, 6) is -0.475. The first kappa shape index (κ1) is 27.2. The summed E-state index contributed by atoms with van der Waals surface area (Å²) < 4.78 is 13.4. The molecular formula is C29H35LrN4O5. The van der Waals surface area contributed by atoms with Crippen molar-refractivity contribution >= 4 is 24.3 Å². The number of hydrogen-bond acceptors (Lipinski definition) is 6. The minimum Gasteiger partial charge on any atom is -0.0619 e. The molecular weight excluding hydrogens is 746 g/mol. The first-order chi connectivity index (χ1) is 18.6. The first-order valence-corrected chi connectivity index (χ1v) is 14.1. The third-order valence-electron chi connectivity index (χ3n) is 6.89. The van der Waals surface area contributed by atoms with Gasteiger partial charge in [0, 0.05) is 0 Å². The van der Waals surface area contributed by atoms with E-state index in [0.717, 1.165) is 22.3 Å². The van der Waals surface area contributed by atoms with Gasteiger partial charge in [-0.25, -0.2) is 0 Å². The zero-order valence-electron chi connectivity index (χ0n) is 22.6. The van der Waals surface area contributed by atoms with Gasteiger partial charge in [0.1, 0.15) is 0 Å². The standard InChI is InChI=1S/C29H35N4O5.Lr/c1-5-19(16-30)31-26(34)25-17-32(27(35)38-29(2,3)4)14-15-33(25)28(36)37-18-24-22-12-8-6-10-20(22)21-11-7-9-13-23(21)24;/h6-13,16,19,24-25H,5,14-15,17-18H2,1-4H3,(H,31,34);/q-1;+1/t19-,25?;/m0./s1. The molecule has 0 aromatic heterocycles. The minimum absolute atomic E-state index is 0.00110. The smallest absolute Gasteiger partial charge is 0.0619 e. The van der Waals surface area contributed by atoms with E-state index in [1.54, 1.807) is 27.0 Å². The molecule has 2 aromatic rings. The fourth-order valence-corrected chi connectivity index (χ4v) is 5.35. The van der Waals surface area contributed by atoms with Crippen LogP contribution in [0.5, 0.6) is 0 Å². The van der Waals surface area contributed by atoms with Crippen LogP contribution in [-0.2, 0) is 14.3 Å². The van der Waals surface area contributed by atoms with Crippen molar-refractivity contribution in [1.82, 2.24) is 15.1 Å². The van der Waals surface area contributed by atoms with Crippen LogP contribution in [0, 0.1) is 0 Å². The maximum atomic E-state index is 13.4. The van der Waals surface area contributed by atoms with Crippen molar-refractivity contribution in [1.29, 1.82) is 0 Å². The van der Waals surface area contributed by atoms with E-state index in [9.17, 15) is 14.4 Å². The first-order valence-electron chi connectivity index (χ1n) is 13.1. The summed E-state index contributed by atoms with van der Waals surface area (Å²) in [5.41, 5.74) is 3.82. The summed E-state index contributed by atoms with van der Waals surface area (Å²) in [6.07, 6.45) is 1.15. The third-order valence-corrected chi connectivity index (χ3v) is 7.21. The molecule has 10 heteroatoms. The summed E-state index contributed by atoms with van der Waals surface area (Å²) >= 11 is 0. The number of rotatable bonds is 6. The van der Waals surface area contributed by atoms with E-state index in [1.807, 2.05) is 31.2 Å². The van der Waals surface area contributed by atoms with Crippen molar-refractivity contribution in [3.8, 4) is 11.1 Å². The molecule has 1 aliphatic heterocycles. The fraction of sp³-hybridized carbons (Fsp3) is 0.448. The van der Waals surface area contributed by atoms with Crippen LogP contribution < -0.4 is 5.32 Å². The molecule has 1 aliphatic carbocycles. The molecule has 3 amide bonds. The Bertz CT molecular complexity index is 1200. The van der Waals surface area contributed by atoms with Crippen LogP contribution in [-0.4, -0.2) is 78.0 Å². The Morgan fingerprint density at radius 1 is 1.05 bits per heavy atom. The molecule has 4 rings (SSSR count). The monoisotopic (exact) mass is 781 g/mol. The molecule has 0 spiro atoms. The van der Waals surface area contributed by atoms with Crippen molar-refractivity contribution in [2.45, 2.75) is 57.7 Å². The molecule has 216 valence electrons. The van der Waals surface area contributed by atoms with Crippen LogP contribution in [0.3, 0.4) is 0 Å². The predicted molar refractivity (Wildman–Crippen MR) is 144 cm³/mol. The molecule has 0 saturated carbocycles. The van der Waals surface area contributed by atoms with E-state index in [1.165, 1.54) is 9.80 Å². The SMILES string of the molecule is CC[C@@H](/C=[N]/[Lr])NC(=O)C1CN(C(=O)OC(C)(C)C)CCN1C(=O)OCC1c2ccccc2-c2ccccc21. The van der Waals surface area contributed by atoms with E-state index < -0.39 is 23.8 Å². The number of benzene rings is 2. The number of nitrogens with one attached hydrogen (secondary N) is 1. The minimum atomic E-state index is -0.934. The van der Waals surface area contributed by atoms with Gasteiger partial charge in [0.15, 0.2) is 0 Å².